The molecule has 5 rings (SSSR count). The van der Waals surface area contributed by atoms with Gasteiger partial charge in [-0.1, -0.05) is 37.1 Å². The number of nitrogens with zero attached hydrogens (tertiary/aromatic N) is 2. The maximum Gasteiger partial charge on any atom is 0.164 e. The van der Waals surface area contributed by atoms with Gasteiger partial charge in [0.25, 0.3) is 0 Å². The van der Waals surface area contributed by atoms with Crippen LogP contribution in [0.5, 0.6) is 0 Å². The maximum atomic E-state index is 13.2. The first-order chi connectivity index (χ1) is 17.0. The van der Waals surface area contributed by atoms with Crippen LogP contribution in [0.15, 0.2) is 36.4 Å². The fraction of sp³-hybridized carbons (Fsp3) is 0.548. The van der Waals surface area contributed by atoms with E-state index in [9.17, 15) is 9.59 Å². The van der Waals surface area contributed by atoms with Crippen molar-refractivity contribution >= 4 is 11.6 Å². The van der Waals surface area contributed by atoms with Gasteiger partial charge in [-0.3, -0.25) is 9.59 Å². The molecule has 2 atom stereocenters. The first-order valence-electron chi connectivity index (χ1n) is 13.8. The molecule has 0 spiro atoms. The van der Waals surface area contributed by atoms with Gasteiger partial charge >= 0.3 is 0 Å². The smallest absolute Gasteiger partial charge is 0.164 e. The molecule has 2 unspecified atom stereocenters. The van der Waals surface area contributed by atoms with Crippen LogP contribution in [0.25, 0.3) is 11.1 Å². The van der Waals surface area contributed by atoms with Crippen LogP contribution in [0.4, 0.5) is 0 Å². The Labute approximate surface area is 210 Å². The summed E-state index contributed by atoms with van der Waals surface area (Å²) in [7, 11) is 0. The summed E-state index contributed by atoms with van der Waals surface area (Å²) in [6.07, 6.45) is 9.60. The Morgan fingerprint density at radius 1 is 0.657 bits per heavy atom. The van der Waals surface area contributed by atoms with Gasteiger partial charge < -0.3 is 9.80 Å². The van der Waals surface area contributed by atoms with E-state index in [1.165, 1.54) is 49.7 Å². The summed E-state index contributed by atoms with van der Waals surface area (Å²) in [5, 5.41) is 0. The predicted octanol–water partition coefficient (Wildman–Crippen LogP) is 6.15. The second kappa shape index (κ2) is 10.8. The van der Waals surface area contributed by atoms with E-state index in [0.29, 0.717) is 12.8 Å². The van der Waals surface area contributed by atoms with Crippen molar-refractivity contribution in [3.8, 4) is 11.1 Å². The average Bonchev–Trinajstić information content (AvgIpc) is 3.26. The second-order valence-electron chi connectivity index (χ2n) is 11.1. The number of carbonyl (C=O) groups is 2. The molecular formula is C31H40N2O2. The van der Waals surface area contributed by atoms with E-state index in [4.69, 9.17) is 0 Å². The quantitative estimate of drug-likeness (QED) is 0.369. The predicted molar refractivity (Wildman–Crippen MR) is 142 cm³/mol. The molecular weight excluding hydrogens is 432 g/mol. The van der Waals surface area contributed by atoms with E-state index in [1.54, 1.807) is 0 Å². The van der Waals surface area contributed by atoms with Crippen molar-refractivity contribution in [2.75, 3.05) is 26.2 Å². The number of hydrogen-bond donors (Lipinski definition) is 0. The fourth-order valence-corrected chi connectivity index (χ4v) is 6.26. The maximum absolute atomic E-state index is 13.2. The Hall–Kier alpha value is -2.30. The van der Waals surface area contributed by atoms with Gasteiger partial charge in [-0.15, -0.1) is 0 Å². The topological polar surface area (TPSA) is 40.6 Å². The monoisotopic (exact) mass is 472 g/mol. The molecule has 2 aromatic rings. The van der Waals surface area contributed by atoms with Crippen molar-refractivity contribution < 1.29 is 9.59 Å². The number of fused-ring (bicyclic) bond motifs is 3. The van der Waals surface area contributed by atoms with Crippen LogP contribution < -0.4 is 0 Å². The normalized spacial score (nSPS) is 20.2. The van der Waals surface area contributed by atoms with Gasteiger partial charge in [0.1, 0.15) is 0 Å². The molecule has 1 aliphatic carbocycles. The molecule has 2 fully saturated rings. The minimum absolute atomic E-state index is 0.224. The van der Waals surface area contributed by atoms with Crippen LogP contribution in [0.1, 0.15) is 97.1 Å². The molecule has 0 N–H and O–H groups in total. The summed E-state index contributed by atoms with van der Waals surface area (Å²) >= 11 is 0. The summed E-state index contributed by atoms with van der Waals surface area (Å²) < 4.78 is 0. The highest BCUT2D eigenvalue weighted by Crippen LogP contribution is 2.38. The largest absolute Gasteiger partial charge is 0.300 e. The molecule has 2 aromatic carbocycles. The number of Topliss-reactive ketones (excluding diaryl/α,β-unsaturated/α-hetero) is 2. The van der Waals surface area contributed by atoms with Gasteiger partial charge in [0.2, 0.25) is 0 Å². The zero-order valence-electron chi connectivity index (χ0n) is 21.5. The van der Waals surface area contributed by atoms with Gasteiger partial charge in [-0.05, 0) is 107 Å². The summed E-state index contributed by atoms with van der Waals surface area (Å²) in [4.78, 5) is 31.3. The van der Waals surface area contributed by atoms with E-state index in [-0.39, 0.29) is 23.7 Å². The highest BCUT2D eigenvalue weighted by molar-refractivity contribution is 6.00. The third kappa shape index (κ3) is 5.44. The van der Waals surface area contributed by atoms with Crippen molar-refractivity contribution in [2.45, 2.75) is 83.7 Å². The number of carbonyl (C=O) groups excluding carboxylic acids is 2. The van der Waals surface area contributed by atoms with Crippen molar-refractivity contribution in [1.29, 1.82) is 0 Å². The lowest BCUT2D eigenvalue weighted by atomic mass is 9.95. The molecule has 0 amide bonds. The number of ketones is 2. The Balaban J connectivity index is 1.30. The average molecular weight is 473 g/mol. The lowest BCUT2D eigenvalue weighted by Crippen LogP contribution is -2.38. The van der Waals surface area contributed by atoms with Crippen molar-refractivity contribution in [3.05, 3.63) is 58.7 Å². The highest BCUT2D eigenvalue weighted by atomic mass is 16.1. The van der Waals surface area contributed by atoms with Gasteiger partial charge in [-0.25, -0.2) is 0 Å². The van der Waals surface area contributed by atoms with E-state index in [1.807, 2.05) is 12.1 Å². The van der Waals surface area contributed by atoms with Crippen LogP contribution in [0.2, 0.25) is 0 Å². The molecule has 35 heavy (non-hydrogen) atoms. The van der Waals surface area contributed by atoms with E-state index < -0.39 is 0 Å². The molecule has 186 valence electrons. The van der Waals surface area contributed by atoms with Crippen LogP contribution in [-0.2, 0) is 6.42 Å². The van der Waals surface area contributed by atoms with Crippen LogP contribution in [0.3, 0.4) is 0 Å². The van der Waals surface area contributed by atoms with E-state index in [0.717, 1.165) is 54.9 Å². The standard InChI is InChI=1S/C31H40N2O2/c1-22(32-13-5-3-6-14-32)17-30(34)26-11-9-24-19-25-10-12-27(21-29(25)28(24)20-26)31(35)18-23(2)33-15-7-4-8-16-33/h9-12,20-23H,3-8,13-19H2,1-2H3. The number of benzene rings is 2. The van der Waals surface area contributed by atoms with Crippen LogP contribution in [-0.4, -0.2) is 59.6 Å². The minimum Gasteiger partial charge on any atom is -0.300 e. The molecule has 2 aliphatic heterocycles. The molecule has 4 nitrogen and oxygen atoms in total. The second-order valence-corrected chi connectivity index (χ2v) is 11.1. The zero-order chi connectivity index (χ0) is 24.4. The molecule has 0 saturated carbocycles. The number of likely N-dealkylation sites (tertiary alicyclic amines) is 2. The molecule has 3 aliphatic rings. The Bertz CT molecular complexity index is 994. The minimum atomic E-state index is 0.224. The zero-order valence-corrected chi connectivity index (χ0v) is 21.5. The van der Waals surface area contributed by atoms with Gasteiger partial charge in [0.05, 0.1) is 0 Å². The van der Waals surface area contributed by atoms with Crippen LogP contribution >= 0.6 is 0 Å². The molecule has 0 aromatic heterocycles. The Morgan fingerprint density at radius 3 is 1.46 bits per heavy atom. The summed E-state index contributed by atoms with van der Waals surface area (Å²) in [5.41, 5.74) is 6.39. The Kier molecular flexibility index (Phi) is 7.50. The highest BCUT2D eigenvalue weighted by Gasteiger charge is 2.25. The molecule has 0 bridgehead atoms. The molecule has 2 heterocycles. The van der Waals surface area contributed by atoms with Crippen molar-refractivity contribution in [2.24, 2.45) is 0 Å². The van der Waals surface area contributed by atoms with Gasteiger partial charge in [0.15, 0.2) is 11.6 Å². The van der Waals surface area contributed by atoms with E-state index >= 15 is 0 Å². The first-order valence-corrected chi connectivity index (χ1v) is 13.8. The van der Waals surface area contributed by atoms with Gasteiger partial charge in [0, 0.05) is 36.1 Å². The lowest BCUT2D eigenvalue weighted by Gasteiger charge is -2.32. The number of rotatable bonds is 8. The lowest BCUT2D eigenvalue weighted by molar-refractivity contribution is 0.0903. The molecule has 2 saturated heterocycles. The van der Waals surface area contributed by atoms with Crippen molar-refractivity contribution in [3.63, 3.8) is 0 Å². The third-order valence-electron chi connectivity index (χ3n) is 8.52. The van der Waals surface area contributed by atoms with E-state index in [2.05, 4.69) is 47.9 Å². The van der Waals surface area contributed by atoms with Crippen LogP contribution in [0, 0.1) is 0 Å². The third-order valence-corrected chi connectivity index (χ3v) is 8.52. The number of piperidine rings is 2. The van der Waals surface area contributed by atoms with Gasteiger partial charge in [-0.2, -0.15) is 0 Å². The molecule has 0 radical (unpaired) electrons. The summed E-state index contributed by atoms with van der Waals surface area (Å²) in [6.45, 7) is 8.82. The first kappa shape index (κ1) is 24.4. The number of hydrogen-bond acceptors (Lipinski definition) is 4. The fourth-order valence-electron chi connectivity index (χ4n) is 6.26. The summed E-state index contributed by atoms with van der Waals surface area (Å²) in [6, 6.07) is 13.0. The summed E-state index contributed by atoms with van der Waals surface area (Å²) in [5.74, 6) is 0.448. The molecule has 4 heteroatoms. The van der Waals surface area contributed by atoms with Crippen molar-refractivity contribution in [1.82, 2.24) is 9.80 Å². The Morgan fingerprint density at radius 2 is 1.06 bits per heavy atom. The SMILES string of the molecule is CC(CC(=O)c1ccc2c(c1)-c1cc(C(=O)CC(C)N3CCCCC3)ccc1C2)N1CCCCC1.